The van der Waals surface area contributed by atoms with Gasteiger partial charge in [0.2, 0.25) is 12.1 Å². The number of rotatable bonds is 5. The van der Waals surface area contributed by atoms with Crippen LogP contribution in [0.3, 0.4) is 0 Å². The van der Waals surface area contributed by atoms with Crippen LogP contribution in [0.15, 0.2) is 30.3 Å². The molecule has 0 spiro atoms. The molecule has 1 heterocycles. The van der Waals surface area contributed by atoms with Crippen molar-refractivity contribution in [2.45, 2.75) is 28.8 Å². The number of hydrogen-bond acceptors (Lipinski definition) is 3. The van der Waals surface area contributed by atoms with Crippen molar-refractivity contribution in [3.63, 3.8) is 0 Å². The lowest BCUT2D eigenvalue weighted by molar-refractivity contribution is -0.719. The van der Waals surface area contributed by atoms with E-state index in [2.05, 4.69) is 5.32 Å². The molecule has 3 N–H and O–H groups in total. The predicted octanol–water partition coefficient (Wildman–Crippen LogP) is 0.792. The first-order chi connectivity index (χ1) is 10.7. The van der Waals surface area contributed by atoms with E-state index in [1.54, 1.807) is 5.32 Å². The summed E-state index contributed by atoms with van der Waals surface area (Å²) in [6, 6.07) is 8.97. The molecule has 1 aromatic rings. The summed E-state index contributed by atoms with van der Waals surface area (Å²) in [5.41, 5.74) is 0.844. The number of amides is 1. The second-order valence-corrected chi connectivity index (χ2v) is 10.2. The SMILES string of the molecule is O=C(Cc1ccccc1)N[C@@H]([NH2+][C@H]1CCS(=O)(=O)C1)C(Cl)(Cl)Cl. The highest BCUT2D eigenvalue weighted by Gasteiger charge is 2.41. The molecule has 2 atom stereocenters. The van der Waals surface area contributed by atoms with E-state index in [1.165, 1.54) is 0 Å². The Hall–Kier alpha value is -0.530. The highest BCUT2D eigenvalue weighted by molar-refractivity contribution is 7.91. The van der Waals surface area contributed by atoms with Crippen LogP contribution < -0.4 is 10.6 Å². The highest BCUT2D eigenvalue weighted by Crippen LogP contribution is 2.27. The smallest absolute Gasteiger partial charge is 0.262 e. The van der Waals surface area contributed by atoms with Gasteiger partial charge in [0, 0.05) is 6.42 Å². The molecule has 0 aliphatic carbocycles. The van der Waals surface area contributed by atoms with Gasteiger partial charge >= 0.3 is 0 Å². The maximum atomic E-state index is 12.1. The number of nitrogens with one attached hydrogen (secondary N) is 1. The maximum absolute atomic E-state index is 12.1. The van der Waals surface area contributed by atoms with Gasteiger partial charge in [-0.3, -0.25) is 4.79 Å². The Balaban J connectivity index is 1.97. The molecule has 9 heteroatoms. The summed E-state index contributed by atoms with van der Waals surface area (Å²) in [6.45, 7) is 0. The van der Waals surface area contributed by atoms with Gasteiger partial charge in [0.15, 0.2) is 9.84 Å². The zero-order chi connectivity index (χ0) is 17.1. The minimum Gasteiger partial charge on any atom is -0.320 e. The number of alkyl halides is 3. The van der Waals surface area contributed by atoms with Crippen LogP contribution in [-0.4, -0.2) is 41.8 Å². The summed E-state index contributed by atoms with van der Waals surface area (Å²) in [4.78, 5) is 12.1. The number of benzene rings is 1. The summed E-state index contributed by atoms with van der Waals surface area (Å²) < 4.78 is 21.3. The number of halogens is 3. The fraction of sp³-hybridized carbons (Fsp3) is 0.500. The van der Waals surface area contributed by atoms with Crippen LogP contribution in [0.1, 0.15) is 12.0 Å². The standard InChI is InChI=1S/C14H17Cl3N2O3S/c15-14(16,17)13(18-11-6-7-23(21,22)9-11)19-12(20)8-10-4-2-1-3-5-10/h1-5,11,13,18H,6-9H2,(H,19,20)/p+1/t11-,13+/m0/s1. The molecule has 5 nitrogen and oxygen atoms in total. The molecule has 0 bridgehead atoms. The number of hydrogen-bond donors (Lipinski definition) is 2. The highest BCUT2D eigenvalue weighted by atomic mass is 35.6. The van der Waals surface area contributed by atoms with E-state index in [9.17, 15) is 13.2 Å². The second kappa shape index (κ2) is 7.57. The molecular formula is C14H18Cl3N2O3S+. The molecule has 23 heavy (non-hydrogen) atoms. The molecule has 0 saturated carbocycles. The molecule has 0 unspecified atom stereocenters. The third kappa shape index (κ3) is 6.12. The largest absolute Gasteiger partial charge is 0.320 e. The van der Waals surface area contributed by atoms with Gasteiger partial charge in [-0.1, -0.05) is 65.1 Å². The number of quaternary nitrogens is 1. The van der Waals surface area contributed by atoms with Crippen LogP contribution >= 0.6 is 34.8 Å². The Bertz CT molecular complexity index is 647. The van der Waals surface area contributed by atoms with Gasteiger partial charge in [-0.2, -0.15) is 0 Å². The first kappa shape index (κ1) is 18.8. The Kier molecular flexibility index (Phi) is 6.19. The normalized spacial score (nSPS) is 21.8. The minimum absolute atomic E-state index is 0.0266. The average Bonchev–Trinajstić information content (AvgIpc) is 2.77. The van der Waals surface area contributed by atoms with Crippen molar-refractivity contribution in [2.75, 3.05) is 11.5 Å². The summed E-state index contributed by atoms with van der Waals surface area (Å²) in [6.07, 6.45) is -0.203. The Morgan fingerprint density at radius 3 is 2.48 bits per heavy atom. The van der Waals surface area contributed by atoms with Crippen LogP contribution in [0.25, 0.3) is 0 Å². The van der Waals surface area contributed by atoms with Crippen molar-refractivity contribution in [3.8, 4) is 0 Å². The maximum Gasteiger partial charge on any atom is 0.262 e. The predicted molar refractivity (Wildman–Crippen MR) is 91.4 cm³/mol. The summed E-state index contributed by atoms with van der Waals surface area (Å²) in [5, 5.41) is 4.30. The molecule has 2 rings (SSSR count). The van der Waals surface area contributed by atoms with Crippen molar-refractivity contribution in [1.82, 2.24) is 5.32 Å². The van der Waals surface area contributed by atoms with E-state index in [-0.39, 0.29) is 29.9 Å². The molecule has 1 aliphatic heterocycles. The van der Waals surface area contributed by atoms with Crippen LogP contribution in [0.4, 0.5) is 0 Å². The van der Waals surface area contributed by atoms with Gasteiger partial charge in [-0.25, -0.2) is 8.42 Å². The van der Waals surface area contributed by atoms with Crippen molar-refractivity contribution < 1.29 is 18.5 Å². The van der Waals surface area contributed by atoms with Gasteiger partial charge < -0.3 is 10.6 Å². The Morgan fingerprint density at radius 2 is 1.96 bits per heavy atom. The van der Waals surface area contributed by atoms with Crippen molar-refractivity contribution in [1.29, 1.82) is 0 Å². The molecule has 1 fully saturated rings. The Labute approximate surface area is 150 Å². The summed E-state index contributed by atoms with van der Waals surface area (Å²) >= 11 is 17.8. The zero-order valence-electron chi connectivity index (χ0n) is 12.2. The number of nitrogens with two attached hydrogens (primary N) is 1. The molecular weight excluding hydrogens is 383 g/mol. The fourth-order valence-corrected chi connectivity index (χ4v) is 4.63. The third-order valence-electron chi connectivity index (χ3n) is 3.61. The molecule has 1 amide bonds. The Morgan fingerprint density at radius 1 is 1.30 bits per heavy atom. The fourth-order valence-electron chi connectivity index (χ4n) is 2.49. The molecule has 128 valence electrons. The zero-order valence-corrected chi connectivity index (χ0v) is 15.3. The first-order valence-electron chi connectivity index (χ1n) is 7.11. The van der Waals surface area contributed by atoms with E-state index in [0.717, 1.165) is 5.56 Å². The van der Waals surface area contributed by atoms with E-state index in [1.807, 2.05) is 30.3 Å². The second-order valence-electron chi connectivity index (χ2n) is 5.60. The summed E-state index contributed by atoms with van der Waals surface area (Å²) in [7, 11) is -3.04. The molecule has 1 saturated heterocycles. The van der Waals surface area contributed by atoms with E-state index in [4.69, 9.17) is 34.8 Å². The molecule has 0 aromatic heterocycles. The van der Waals surface area contributed by atoms with E-state index >= 15 is 0 Å². The lowest BCUT2D eigenvalue weighted by Crippen LogP contribution is -3.01. The van der Waals surface area contributed by atoms with Gasteiger partial charge in [0.1, 0.15) is 11.8 Å². The number of carbonyl (C=O) groups excluding carboxylic acids is 1. The van der Waals surface area contributed by atoms with Crippen LogP contribution in [0.2, 0.25) is 0 Å². The quantitative estimate of drug-likeness (QED) is 0.566. The van der Waals surface area contributed by atoms with Crippen molar-refractivity contribution >= 4 is 50.5 Å². The monoisotopic (exact) mass is 399 g/mol. The van der Waals surface area contributed by atoms with Gasteiger partial charge in [-0.15, -0.1) is 0 Å². The van der Waals surface area contributed by atoms with E-state index in [0.29, 0.717) is 6.42 Å². The number of sulfone groups is 1. The van der Waals surface area contributed by atoms with Gasteiger partial charge in [0.05, 0.1) is 12.2 Å². The molecule has 0 radical (unpaired) electrons. The topological polar surface area (TPSA) is 79.8 Å². The van der Waals surface area contributed by atoms with E-state index < -0.39 is 19.8 Å². The minimum atomic E-state index is -3.04. The lowest BCUT2D eigenvalue weighted by Gasteiger charge is -2.25. The number of carbonyl (C=O) groups is 1. The lowest BCUT2D eigenvalue weighted by atomic mass is 10.1. The van der Waals surface area contributed by atoms with Gasteiger partial charge in [-0.05, 0) is 5.56 Å². The van der Waals surface area contributed by atoms with Crippen LogP contribution in [-0.2, 0) is 21.1 Å². The third-order valence-corrected chi connectivity index (χ3v) is 6.11. The van der Waals surface area contributed by atoms with Gasteiger partial charge in [0.25, 0.3) is 3.79 Å². The molecule has 1 aromatic carbocycles. The van der Waals surface area contributed by atoms with Crippen LogP contribution in [0.5, 0.6) is 0 Å². The van der Waals surface area contributed by atoms with Crippen molar-refractivity contribution in [2.24, 2.45) is 0 Å². The average molecular weight is 401 g/mol. The first-order valence-corrected chi connectivity index (χ1v) is 10.1. The molecule has 1 aliphatic rings. The van der Waals surface area contributed by atoms with Crippen LogP contribution in [0, 0.1) is 0 Å². The van der Waals surface area contributed by atoms with Crippen molar-refractivity contribution in [3.05, 3.63) is 35.9 Å². The summed E-state index contributed by atoms with van der Waals surface area (Å²) in [5.74, 6) is -0.137.